The molecule has 0 saturated heterocycles. The number of hydrogen-bond acceptors (Lipinski definition) is 3. The van der Waals surface area contributed by atoms with E-state index >= 15 is 0 Å². The molecule has 0 radical (unpaired) electrons. The Morgan fingerprint density at radius 1 is 1.27 bits per heavy atom. The highest BCUT2D eigenvalue weighted by molar-refractivity contribution is 5.92. The number of fused-ring (bicyclic) bond motifs is 2. The number of nitrogens with zero attached hydrogens (tertiary/aromatic N) is 4. The summed E-state index contributed by atoms with van der Waals surface area (Å²) in [5, 5.41) is 10.4. The maximum absolute atomic E-state index is 11.2. The van der Waals surface area contributed by atoms with Gasteiger partial charge in [-0.3, -0.25) is 0 Å². The van der Waals surface area contributed by atoms with Gasteiger partial charge in [-0.1, -0.05) is 18.2 Å². The second-order valence-electron chi connectivity index (χ2n) is 7.01. The van der Waals surface area contributed by atoms with Gasteiger partial charge in [0.1, 0.15) is 5.52 Å². The molecule has 3 aromatic heterocycles. The predicted molar refractivity (Wildman–Crippen MR) is 99.1 cm³/mol. The quantitative estimate of drug-likeness (QED) is 0.611. The van der Waals surface area contributed by atoms with Gasteiger partial charge < -0.3 is 14.2 Å². The molecule has 0 atom stereocenters. The van der Waals surface area contributed by atoms with Crippen LogP contribution in [0.5, 0.6) is 0 Å². The van der Waals surface area contributed by atoms with E-state index in [9.17, 15) is 9.90 Å². The zero-order valence-electron chi connectivity index (χ0n) is 14.4. The van der Waals surface area contributed by atoms with Crippen molar-refractivity contribution in [3.05, 3.63) is 48.2 Å². The maximum Gasteiger partial charge on any atom is 0.337 e. The number of carboxylic acid groups (broad SMARTS) is 1. The average Bonchev–Trinajstić information content (AvgIpc) is 3.31. The molecule has 5 rings (SSSR count). The Balaban J connectivity index is 1.74. The third-order valence-electron chi connectivity index (χ3n) is 5.13. The molecule has 1 saturated carbocycles. The highest BCUT2D eigenvalue weighted by Gasteiger charge is 2.25. The lowest BCUT2D eigenvalue weighted by atomic mass is 10.2. The number of pyridine rings is 1. The predicted octanol–water partition coefficient (Wildman–Crippen LogP) is 3.70. The summed E-state index contributed by atoms with van der Waals surface area (Å²) in [5.41, 5.74) is 3.70. The summed E-state index contributed by atoms with van der Waals surface area (Å²) in [6.45, 7) is 0.986. The molecule has 130 valence electrons. The van der Waals surface area contributed by atoms with Crippen LogP contribution in [0, 0.1) is 5.92 Å². The van der Waals surface area contributed by atoms with Crippen LogP contribution in [0.3, 0.4) is 0 Å². The topological polar surface area (TPSA) is 72.9 Å². The molecule has 1 aliphatic rings. The molecule has 4 aromatic rings. The van der Waals surface area contributed by atoms with Crippen LogP contribution in [0.1, 0.15) is 23.2 Å². The van der Waals surface area contributed by atoms with Crippen LogP contribution in [-0.4, -0.2) is 30.2 Å². The van der Waals surface area contributed by atoms with Crippen LogP contribution >= 0.6 is 0 Å². The van der Waals surface area contributed by atoms with E-state index in [0.29, 0.717) is 11.2 Å². The Labute approximate surface area is 149 Å². The summed E-state index contributed by atoms with van der Waals surface area (Å²) in [5.74, 6) is 0.553. The molecule has 0 aliphatic heterocycles. The number of carbonyl (C=O) groups is 1. The lowest BCUT2D eigenvalue weighted by Gasteiger charge is -2.10. The molecule has 1 aliphatic carbocycles. The second kappa shape index (κ2) is 5.42. The van der Waals surface area contributed by atoms with Crippen LogP contribution in [-0.2, 0) is 13.6 Å². The first kappa shape index (κ1) is 15.1. The van der Waals surface area contributed by atoms with Gasteiger partial charge in [-0.25, -0.2) is 14.8 Å². The highest BCUT2D eigenvalue weighted by atomic mass is 16.4. The van der Waals surface area contributed by atoms with E-state index in [1.54, 1.807) is 6.07 Å². The van der Waals surface area contributed by atoms with Crippen molar-refractivity contribution in [3.8, 4) is 11.5 Å². The fraction of sp³-hybridized carbons (Fsp3) is 0.250. The lowest BCUT2D eigenvalue weighted by Crippen LogP contribution is -2.04. The average molecular weight is 346 g/mol. The third kappa shape index (κ3) is 2.29. The number of aryl methyl sites for hydroxylation is 1. The molecule has 0 spiro atoms. The summed E-state index contributed by atoms with van der Waals surface area (Å²) >= 11 is 0. The molecule has 1 fully saturated rings. The Morgan fingerprint density at radius 3 is 2.85 bits per heavy atom. The van der Waals surface area contributed by atoms with Crippen LogP contribution in [0.15, 0.2) is 42.6 Å². The first-order valence-corrected chi connectivity index (χ1v) is 8.76. The van der Waals surface area contributed by atoms with E-state index < -0.39 is 5.97 Å². The Bertz CT molecular complexity index is 1170. The Morgan fingerprint density at radius 2 is 2.08 bits per heavy atom. The minimum atomic E-state index is -0.991. The monoisotopic (exact) mass is 346 g/mol. The third-order valence-corrected chi connectivity index (χ3v) is 5.13. The number of benzene rings is 1. The SMILES string of the molecule is Cn1c(-c2cc3ccccc3n2CC2CC2)nc2cc(C(=O)O)cnc21. The van der Waals surface area contributed by atoms with Gasteiger partial charge in [0.05, 0.1) is 11.3 Å². The van der Waals surface area contributed by atoms with E-state index in [-0.39, 0.29) is 5.56 Å². The molecule has 6 nitrogen and oxygen atoms in total. The van der Waals surface area contributed by atoms with Crippen molar-refractivity contribution >= 4 is 28.0 Å². The standard InChI is InChI=1S/C20H18N4O2/c1-23-18-15(8-14(10-21-18)20(25)26)22-19(23)17-9-13-4-2-3-5-16(13)24(17)11-12-6-7-12/h2-5,8-10,12H,6-7,11H2,1H3,(H,25,26). The Hall–Kier alpha value is -3.15. The van der Waals surface area contributed by atoms with Crippen molar-refractivity contribution in [1.82, 2.24) is 19.1 Å². The normalized spacial score (nSPS) is 14.3. The number of aromatic carboxylic acids is 1. The van der Waals surface area contributed by atoms with Gasteiger partial charge in [0, 0.05) is 30.7 Å². The van der Waals surface area contributed by atoms with Gasteiger partial charge >= 0.3 is 5.97 Å². The van der Waals surface area contributed by atoms with Crippen LogP contribution in [0.4, 0.5) is 0 Å². The smallest absolute Gasteiger partial charge is 0.337 e. The van der Waals surface area contributed by atoms with Gasteiger partial charge in [0.2, 0.25) is 0 Å². The van der Waals surface area contributed by atoms with E-state index in [4.69, 9.17) is 4.98 Å². The molecule has 0 bridgehead atoms. The summed E-state index contributed by atoms with van der Waals surface area (Å²) < 4.78 is 4.28. The first-order chi connectivity index (χ1) is 12.6. The van der Waals surface area contributed by atoms with Gasteiger partial charge in [-0.15, -0.1) is 0 Å². The Kier molecular flexibility index (Phi) is 3.16. The largest absolute Gasteiger partial charge is 0.478 e. The molecule has 0 unspecified atom stereocenters. The summed E-state index contributed by atoms with van der Waals surface area (Å²) in [4.78, 5) is 20.3. The number of imidazole rings is 1. The van der Waals surface area contributed by atoms with Crippen molar-refractivity contribution in [3.63, 3.8) is 0 Å². The molecule has 3 heterocycles. The molecule has 1 N–H and O–H groups in total. The molecule has 26 heavy (non-hydrogen) atoms. The van der Waals surface area contributed by atoms with Gasteiger partial charge in [0.15, 0.2) is 11.5 Å². The number of rotatable bonds is 4. The van der Waals surface area contributed by atoms with Crippen LogP contribution in [0.2, 0.25) is 0 Å². The molecule has 1 aromatic carbocycles. The fourth-order valence-electron chi connectivity index (χ4n) is 3.57. The van der Waals surface area contributed by atoms with Crippen molar-refractivity contribution in [2.45, 2.75) is 19.4 Å². The molecule has 6 heteroatoms. The number of hydrogen-bond donors (Lipinski definition) is 1. The summed E-state index contributed by atoms with van der Waals surface area (Å²) in [6, 6.07) is 12.1. The summed E-state index contributed by atoms with van der Waals surface area (Å²) in [6.07, 6.45) is 3.94. The van der Waals surface area contributed by atoms with Gasteiger partial charge in [0.25, 0.3) is 0 Å². The van der Waals surface area contributed by atoms with Crippen LogP contribution in [0.25, 0.3) is 33.6 Å². The second-order valence-corrected chi connectivity index (χ2v) is 7.01. The minimum absolute atomic E-state index is 0.153. The molecule has 0 amide bonds. The minimum Gasteiger partial charge on any atom is -0.478 e. The van der Waals surface area contributed by atoms with Crippen molar-refractivity contribution in [2.75, 3.05) is 0 Å². The van der Waals surface area contributed by atoms with E-state index in [0.717, 1.165) is 24.0 Å². The van der Waals surface area contributed by atoms with Gasteiger partial charge in [-0.05, 0) is 37.0 Å². The highest BCUT2D eigenvalue weighted by Crippen LogP contribution is 2.36. The zero-order chi connectivity index (χ0) is 17.8. The number of carboxylic acids is 1. The zero-order valence-corrected chi connectivity index (χ0v) is 14.4. The van der Waals surface area contributed by atoms with E-state index in [1.807, 2.05) is 17.7 Å². The lowest BCUT2D eigenvalue weighted by molar-refractivity contribution is 0.0696. The fourth-order valence-corrected chi connectivity index (χ4v) is 3.57. The molecular formula is C20H18N4O2. The van der Waals surface area contributed by atoms with Crippen molar-refractivity contribution in [1.29, 1.82) is 0 Å². The molecular weight excluding hydrogens is 328 g/mol. The van der Waals surface area contributed by atoms with Crippen LogP contribution < -0.4 is 0 Å². The number of aromatic nitrogens is 4. The summed E-state index contributed by atoms with van der Waals surface area (Å²) in [7, 11) is 1.93. The van der Waals surface area contributed by atoms with Crippen molar-refractivity contribution < 1.29 is 9.90 Å². The van der Waals surface area contributed by atoms with E-state index in [1.165, 1.54) is 29.9 Å². The van der Waals surface area contributed by atoms with Gasteiger partial charge in [-0.2, -0.15) is 0 Å². The van der Waals surface area contributed by atoms with E-state index in [2.05, 4.69) is 33.8 Å². The first-order valence-electron chi connectivity index (χ1n) is 8.76. The van der Waals surface area contributed by atoms with Crippen molar-refractivity contribution in [2.24, 2.45) is 13.0 Å². The maximum atomic E-state index is 11.2. The number of para-hydroxylation sites is 1.